The van der Waals surface area contributed by atoms with Gasteiger partial charge in [-0.1, -0.05) is 11.8 Å². The van der Waals surface area contributed by atoms with Gasteiger partial charge in [0.2, 0.25) is 0 Å². The summed E-state index contributed by atoms with van der Waals surface area (Å²) in [7, 11) is 0. The summed E-state index contributed by atoms with van der Waals surface area (Å²) in [6.07, 6.45) is -0.876. The molecule has 2 N–H and O–H groups in total. The molecule has 0 spiro atoms. The summed E-state index contributed by atoms with van der Waals surface area (Å²) >= 11 is 0. The zero-order valence-corrected chi connectivity index (χ0v) is 10.3. The predicted octanol–water partition coefficient (Wildman–Crippen LogP) is -0.981. The van der Waals surface area contributed by atoms with Gasteiger partial charge < -0.3 is 14.9 Å². The van der Waals surface area contributed by atoms with Gasteiger partial charge in [-0.2, -0.15) is 0 Å². The molecule has 7 heteroatoms. The number of carboxylic acid groups (broad SMARTS) is 2. The third kappa shape index (κ3) is 12.6. The molecule has 0 aliphatic carbocycles. The van der Waals surface area contributed by atoms with E-state index in [4.69, 9.17) is 10.2 Å². The maximum atomic E-state index is 11.1. The highest BCUT2D eigenvalue weighted by Gasteiger charge is 2.07. The molecule has 0 aromatic rings. The lowest BCUT2D eigenvalue weighted by atomic mass is 10.4. The van der Waals surface area contributed by atoms with Crippen LogP contribution in [-0.2, 0) is 23.9 Å². The highest BCUT2D eigenvalue weighted by Crippen LogP contribution is 1.89. The van der Waals surface area contributed by atoms with Crippen LogP contribution in [0.2, 0.25) is 0 Å². The van der Waals surface area contributed by atoms with Crippen LogP contribution in [0.4, 0.5) is 0 Å². The smallest absolute Gasteiger partial charge is 0.382 e. The van der Waals surface area contributed by atoms with Crippen LogP contribution in [0.15, 0.2) is 0 Å². The van der Waals surface area contributed by atoms with Gasteiger partial charge in [0.25, 0.3) is 0 Å². The highest BCUT2D eigenvalue weighted by atomic mass is 16.6. The number of rotatable bonds is 2. The van der Waals surface area contributed by atoms with Crippen molar-refractivity contribution in [3.63, 3.8) is 0 Å². The molecule has 0 rings (SSSR count). The highest BCUT2D eigenvalue weighted by molar-refractivity contribution is 5.89. The van der Waals surface area contributed by atoms with Crippen molar-refractivity contribution < 1.29 is 34.1 Å². The number of aliphatic carboxylic acids is 2. The molecule has 0 fully saturated rings. The van der Waals surface area contributed by atoms with Crippen molar-refractivity contribution in [3.8, 4) is 47.4 Å². The zero-order chi connectivity index (χ0) is 16.1. The predicted molar refractivity (Wildman–Crippen MR) is 66.7 cm³/mol. The summed E-state index contributed by atoms with van der Waals surface area (Å²) < 4.78 is 4.29. The van der Waals surface area contributed by atoms with Crippen LogP contribution >= 0.6 is 0 Å². The fourth-order valence-corrected chi connectivity index (χ4v) is 0.690. The topological polar surface area (TPSA) is 118 Å². The van der Waals surface area contributed by atoms with Gasteiger partial charge in [0, 0.05) is 11.8 Å². The Bertz CT molecular complexity index is 637. The molecule has 0 bridgehead atoms. The third-order valence-electron chi connectivity index (χ3n) is 1.33. The summed E-state index contributed by atoms with van der Waals surface area (Å²) in [6.45, 7) is 0. The Morgan fingerprint density at radius 2 is 1.10 bits per heavy atom. The van der Waals surface area contributed by atoms with Crippen molar-refractivity contribution >= 4 is 23.9 Å². The monoisotopic (exact) mass is 286 g/mol. The molecular weight excluding hydrogens is 280 g/mol. The maximum Gasteiger partial charge on any atom is 0.382 e. The van der Waals surface area contributed by atoms with Crippen LogP contribution in [0.5, 0.6) is 0 Å². The summed E-state index contributed by atoms with van der Waals surface area (Å²) in [5, 5.41) is 16.3. The Balaban J connectivity index is 4.16. The fraction of sp³-hybridized carbons (Fsp3) is 0.143. The van der Waals surface area contributed by atoms with Crippen LogP contribution < -0.4 is 0 Å². The lowest BCUT2D eigenvalue weighted by Crippen LogP contribution is -2.10. The molecule has 7 nitrogen and oxygen atoms in total. The standard InChI is InChI=1S/C14H6O7/c15-11(16)7-3-1-5-9-13(19)21-14(20)10-6-2-4-8-12(17)18/h9-10H2,(H,15,16)(H,17,18). The number of carbonyl (C=O) groups is 4. The second-order valence-electron chi connectivity index (χ2n) is 2.91. The summed E-state index contributed by atoms with van der Waals surface area (Å²) in [6, 6.07) is 0. The Kier molecular flexibility index (Phi) is 8.46. The first-order chi connectivity index (χ1) is 9.91. The zero-order valence-electron chi connectivity index (χ0n) is 10.3. The van der Waals surface area contributed by atoms with E-state index in [0.29, 0.717) is 0 Å². The molecule has 0 unspecified atom stereocenters. The molecule has 0 radical (unpaired) electrons. The number of ether oxygens (including phenoxy) is 1. The number of carboxylic acids is 2. The molecule has 0 aliphatic heterocycles. The minimum absolute atomic E-state index is 0.438. The van der Waals surface area contributed by atoms with Crippen LogP contribution in [0, 0.1) is 47.4 Å². The van der Waals surface area contributed by atoms with Crippen molar-refractivity contribution in [2.75, 3.05) is 0 Å². The lowest BCUT2D eigenvalue weighted by Gasteiger charge is -1.95. The third-order valence-corrected chi connectivity index (χ3v) is 1.33. The first-order valence-electron chi connectivity index (χ1n) is 5.09. The Hall–Kier alpha value is -3.68. The quantitative estimate of drug-likeness (QED) is 0.380. The van der Waals surface area contributed by atoms with E-state index < -0.39 is 36.7 Å². The molecule has 0 saturated heterocycles. The van der Waals surface area contributed by atoms with Gasteiger partial charge in [0.05, 0.1) is 0 Å². The normalized spacial score (nSPS) is 7.05. The minimum Gasteiger partial charge on any atom is -0.472 e. The molecule has 21 heavy (non-hydrogen) atoms. The van der Waals surface area contributed by atoms with Gasteiger partial charge >= 0.3 is 23.9 Å². The van der Waals surface area contributed by atoms with E-state index in [1.165, 1.54) is 0 Å². The second-order valence-corrected chi connectivity index (χ2v) is 2.91. The minimum atomic E-state index is -1.35. The van der Waals surface area contributed by atoms with Gasteiger partial charge in [-0.15, -0.1) is 0 Å². The van der Waals surface area contributed by atoms with Gasteiger partial charge in [-0.25, -0.2) is 9.59 Å². The molecule has 0 aromatic carbocycles. The molecule has 0 aliphatic rings. The number of hydrogen-bond donors (Lipinski definition) is 2. The Morgan fingerprint density at radius 3 is 1.43 bits per heavy atom. The van der Waals surface area contributed by atoms with E-state index in [1.807, 2.05) is 11.8 Å². The number of esters is 2. The van der Waals surface area contributed by atoms with E-state index in [2.05, 4.69) is 28.4 Å². The molecule has 104 valence electrons. The average molecular weight is 286 g/mol. The second kappa shape index (κ2) is 10.3. The molecule has 0 atom stereocenters. The molecular formula is C14H6O7. The SMILES string of the molecule is O=C(O)C#CC#CCC(=O)OC(=O)CC#CC#CC(=O)O. The van der Waals surface area contributed by atoms with Gasteiger partial charge in [0.15, 0.2) is 0 Å². The van der Waals surface area contributed by atoms with E-state index >= 15 is 0 Å². The van der Waals surface area contributed by atoms with Crippen LogP contribution in [0.3, 0.4) is 0 Å². The first-order valence-corrected chi connectivity index (χ1v) is 5.09. The van der Waals surface area contributed by atoms with Crippen molar-refractivity contribution in [1.29, 1.82) is 0 Å². The summed E-state index contributed by atoms with van der Waals surface area (Å²) in [4.78, 5) is 42.1. The van der Waals surface area contributed by atoms with Gasteiger partial charge in [-0.3, -0.25) is 9.59 Å². The molecule has 0 amide bonds. The molecule has 0 saturated carbocycles. The van der Waals surface area contributed by atoms with Crippen molar-refractivity contribution in [3.05, 3.63) is 0 Å². The van der Waals surface area contributed by atoms with Crippen LogP contribution in [0.1, 0.15) is 12.8 Å². The van der Waals surface area contributed by atoms with E-state index in [0.717, 1.165) is 0 Å². The first kappa shape index (κ1) is 17.3. The Morgan fingerprint density at radius 1 is 0.714 bits per heavy atom. The number of hydrogen-bond acceptors (Lipinski definition) is 5. The van der Waals surface area contributed by atoms with Crippen molar-refractivity contribution in [1.82, 2.24) is 0 Å². The average Bonchev–Trinajstić information content (AvgIpc) is 2.37. The fourth-order valence-electron chi connectivity index (χ4n) is 0.690. The van der Waals surface area contributed by atoms with Gasteiger partial charge in [0.1, 0.15) is 12.8 Å². The van der Waals surface area contributed by atoms with Crippen LogP contribution in [-0.4, -0.2) is 34.1 Å². The van der Waals surface area contributed by atoms with Crippen molar-refractivity contribution in [2.24, 2.45) is 0 Å². The lowest BCUT2D eigenvalue weighted by molar-refractivity contribution is -0.158. The largest absolute Gasteiger partial charge is 0.472 e. The summed E-state index contributed by atoms with van der Waals surface area (Å²) in [5.41, 5.74) is 0. The summed E-state index contributed by atoms with van der Waals surface area (Å²) in [5.74, 6) is 11.3. The van der Waals surface area contributed by atoms with Crippen LogP contribution in [0.25, 0.3) is 0 Å². The van der Waals surface area contributed by atoms with Gasteiger partial charge in [-0.05, 0) is 23.7 Å². The molecule has 0 heterocycles. The maximum absolute atomic E-state index is 11.1. The van der Waals surface area contributed by atoms with E-state index in [1.54, 1.807) is 11.8 Å². The Labute approximate surface area is 119 Å². The number of carbonyl (C=O) groups excluding carboxylic acids is 2. The molecule has 0 aromatic heterocycles. The van der Waals surface area contributed by atoms with Crippen molar-refractivity contribution in [2.45, 2.75) is 12.8 Å². The van der Waals surface area contributed by atoms with E-state index in [-0.39, 0.29) is 0 Å². The van der Waals surface area contributed by atoms with E-state index in [9.17, 15) is 19.2 Å².